The molecule has 0 saturated heterocycles. The predicted molar refractivity (Wildman–Crippen MR) is 50.2 cm³/mol. The van der Waals surface area contributed by atoms with Gasteiger partial charge in [0.25, 0.3) is 0 Å². The van der Waals surface area contributed by atoms with E-state index in [-0.39, 0.29) is 5.92 Å². The smallest absolute Gasteiger partial charge is 0.324 e. The van der Waals surface area contributed by atoms with E-state index in [4.69, 9.17) is 9.79 Å². The Labute approximate surface area is 74.3 Å². The maximum absolute atomic E-state index is 11.0. The monoisotopic (exact) mass is 194 g/mol. The third-order valence-electron chi connectivity index (χ3n) is 2.44. The Morgan fingerprint density at radius 2 is 1.50 bits per heavy atom. The molecule has 0 rings (SSSR count). The lowest BCUT2D eigenvalue weighted by atomic mass is 9.97. The Morgan fingerprint density at radius 3 is 1.58 bits per heavy atom. The van der Waals surface area contributed by atoms with Crippen LogP contribution in [0.25, 0.3) is 0 Å². The first-order valence-corrected chi connectivity index (χ1v) is 6.20. The zero-order chi connectivity index (χ0) is 9.78. The molecule has 0 aromatic carbocycles. The summed E-state index contributed by atoms with van der Waals surface area (Å²) in [6, 6.07) is 0. The molecule has 3 nitrogen and oxygen atoms in total. The molecule has 0 saturated carbocycles. The van der Waals surface area contributed by atoms with Crippen molar-refractivity contribution in [1.29, 1.82) is 0 Å². The minimum atomic E-state index is -3.87. The van der Waals surface area contributed by atoms with E-state index in [9.17, 15) is 4.57 Å². The third-order valence-corrected chi connectivity index (χ3v) is 4.09. The Hall–Kier alpha value is 0.150. The van der Waals surface area contributed by atoms with Gasteiger partial charge in [-0.25, -0.2) is 0 Å². The van der Waals surface area contributed by atoms with Crippen LogP contribution in [0.2, 0.25) is 0 Å². The second-order valence-electron chi connectivity index (χ2n) is 3.14. The van der Waals surface area contributed by atoms with Crippen LogP contribution in [-0.4, -0.2) is 15.4 Å². The molecule has 74 valence electrons. The maximum Gasteiger partial charge on any atom is 0.328 e. The fourth-order valence-electron chi connectivity index (χ4n) is 1.68. The highest BCUT2D eigenvalue weighted by Crippen LogP contribution is 2.48. The number of rotatable bonds is 5. The Morgan fingerprint density at radius 1 is 1.08 bits per heavy atom. The molecule has 12 heavy (non-hydrogen) atoms. The number of hydrogen-bond donors (Lipinski definition) is 2. The summed E-state index contributed by atoms with van der Waals surface area (Å²) in [5.74, 6) is 0.163. The van der Waals surface area contributed by atoms with Crippen molar-refractivity contribution in [3.8, 4) is 0 Å². The molecule has 0 aromatic heterocycles. The van der Waals surface area contributed by atoms with Crippen LogP contribution < -0.4 is 0 Å². The summed E-state index contributed by atoms with van der Waals surface area (Å²) in [5, 5.41) is 0. The van der Waals surface area contributed by atoms with Gasteiger partial charge in [0.15, 0.2) is 0 Å². The van der Waals surface area contributed by atoms with Gasteiger partial charge in [0.05, 0.1) is 5.66 Å². The van der Waals surface area contributed by atoms with Crippen LogP contribution in [-0.2, 0) is 4.57 Å². The van der Waals surface area contributed by atoms with Crippen molar-refractivity contribution < 1.29 is 14.4 Å². The molecule has 0 heterocycles. The maximum atomic E-state index is 11.0. The summed E-state index contributed by atoms with van der Waals surface area (Å²) in [4.78, 5) is 18.0. The van der Waals surface area contributed by atoms with Gasteiger partial charge in [-0.15, -0.1) is 0 Å². The first-order valence-electron chi connectivity index (χ1n) is 4.52. The van der Waals surface area contributed by atoms with Gasteiger partial charge in [0.2, 0.25) is 0 Å². The van der Waals surface area contributed by atoms with E-state index in [1.807, 2.05) is 20.8 Å². The van der Waals surface area contributed by atoms with Gasteiger partial charge in [0.1, 0.15) is 0 Å². The molecule has 1 atom stereocenters. The highest BCUT2D eigenvalue weighted by atomic mass is 31.2. The summed E-state index contributed by atoms with van der Waals surface area (Å²) in [7, 11) is -3.87. The fraction of sp³-hybridized carbons (Fsp3) is 1.00. The van der Waals surface area contributed by atoms with Crippen LogP contribution in [0, 0.1) is 5.92 Å². The molecule has 0 aliphatic heterocycles. The lowest BCUT2D eigenvalue weighted by Crippen LogP contribution is -2.18. The SMILES string of the molecule is CCC(CC)C(CC)P(=O)(O)O. The van der Waals surface area contributed by atoms with Crippen molar-refractivity contribution in [3.05, 3.63) is 0 Å². The lowest BCUT2D eigenvalue weighted by Gasteiger charge is -2.24. The van der Waals surface area contributed by atoms with E-state index in [1.165, 1.54) is 0 Å². The molecule has 0 spiro atoms. The van der Waals surface area contributed by atoms with Crippen molar-refractivity contribution in [2.75, 3.05) is 0 Å². The standard InChI is InChI=1S/C8H19O3P/c1-4-7(5-2)8(6-3)12(9,10)11/h7-8H,4-6H2,1-3H3,(H2,9,10,11). The average molecular weight is 194 g/mol. The highest BCUT2D eigenvalue weighted by molar-refractivity contribution is 7.52. The minimum absolute atomic E-state index is 0.163. The lowest BCUT2D eigenvalue weighted by molar-refractivity contribution is 0.321. The van der Waals surface area contributed by atoms with Crippen molar-refractivity contribution in [3.63, 3.8) is 0 Å². The van der Waals surface area contributed by atoms with E-state index in [0.29, 0.717) is 6.42 Å². The molecule has 2 N–H and O–H groups in total. The van der Waals surface area contributed by atoms with Gasteiger partial charge < -0.3 is 9.79 Å². The molecule has 0 aliphatic carbocycles. The van der Waals surface area contributed by atoms with Crippen molar-refractivity contribution in [2.24, 2.45) is 5.92 Å². The topological polar surface area (TPSA) is 57.5 Å². The van der Waals surface area contributed by atoms with Gasteiger partial charge in [-0.1, -0.05) is 33.6 Å². The summed E-state index contributed by atoms with van der Waals surface area (Å²) >= 11 is 0. The molecule has 0 aliphatic rings. The predicted octanol–water partition coefficient (Wildman–Crippen LogP) is 2.38. The van der Waals surface area contributed by atoms with E-state index >= 15 is 0 Å². The molecular formula is C8H19O3P. The summed E-state index contributed by atoms with van der Waals surface area (Å²) in [6.07, 6.45) is 2.26. The molecule has 0 bridgehead atoms. The second kappa shape index (κ2) is 5.00. The average Bonchev–Trinajstić information content (AvgIpc) is 1.97. The first-order chi connectivity index (χ1) is 5.47. The van der Waals surface area contributed by atoms with Gasteiger partial charge >= 0.3 is 7.60 Å². The highest BCUT2D eigenvalue weighted by Gasteiger charge is 2.32. The Kier molecular flexibility index (Phi) is 5.07. The third kappa shape index (κ3) is 3.26. The van der Waals surface area contributed by atoms with Gasteiger partial charge in [-0.05, 0) is 12.3 Å². The van der Waals surface area contributed by atoms with Crippen molar-refractivity contribution in [1.82, 2.24) is 0 Å². The normalized spacial score (nSPS) is 15.2. The van der Waals surface area contributed by atoms with E-state index in [0.717, 1.165) is 12.8 Å². The van der Waals surface area contributed by atoms with E-state index < -0.39 is 13.3 Å². The molecular weight excluding hydrogens is 175 g/mol. The van der Waals surface area contributed by atoms with E-state index in [2.05, 4.69) is 0 Å². The molecule has 0 fully saturated rings. The van der Waals surface area contributed by atoms with Crippen molar-refractivity contribution >= 4 is 7.60 Å². The molecule has 1 unspecified atom stereocenters. The first kappa shape index (κ1) is 12.2. The molecule has 4 heteroatoms. The molecule has 0 amide bonds. The summed E-state index contributed by atoms with van der Waals surface area (Å²) < 4.78 is 11.0. The van der Waals surface area contributed by atoms with Crippen LogP contribution in [0.3, 0.4) is 0 Å². The van der Waals surface area contributed by atoms with Crippen LogP contribution in [0.1, 0.15) is 40.0 Å². The van der Waals surface area contributed by atoms with Crippen LogP contribution in [0.5, 0.6) is 0 Å². The number of hydrogen-bond acceptors (Lipinski definition) is 1. The zero-order valence-electron chi connectivity index (χ0n) is 8.03. The van der Waals surface area contributed by atoms with Gasteiger partial charge in [-0.3, -0.25) is 4.57 Å². The fourth-order valence-corrected chi connectivity index (χ4v) is 3.13. The van der Waals surface area contributed by atoms with Gasteiger partial charge in [-0.2, -0.15) is 0 Å². The van der Waals surface area contributed by atoms with Crippen LogP contribution in [0.4, 0.5) is 0 Å². The van der Waals surface area contributed by atoms with Gasteiger partial charge in [0, 0.05) is 0 Å². The largest absolute Gasteiger partial charge is 0.328 e. The molecule has 0 aromatic rings. The molecule has 0 radical (unpaired) electrons. The van der Waals surface area contributed by atoms with Crippen LogP contribution >= 0.6 is 7.60 Å². The van der Waals surface area contributed by atoms with Crippen LogP contribution in [0.15, 0.2) is 0 Å². The zero-order valence-corrected chi connectivity index (χ0v) is 8.92. The van der Waals surface area contributed by atoms with E-state index in [1.54, 1.807) is 0 Å². The van der Waals surface area contributed by atoms with Crippen molar-refractivity contribution in [2.45, 2.75) is 45.7 Å². The second-order valence-corrected chi connectivity index (χ2v) is 4.98. The summed E-state index contributed by atoms with van der Waals surface area (Å²) in [5.41, 5.74) is -0.438. The quantitative estimate of drug-likeness (QED) is 0.660. The Bertz CT molecular complexity index is 160. The Balaban J connectivity index is 4.42. The minimum Gasteiger partial charge on any atom is -0.324 e. The summed E-state index contributed by atoms with van der Waals surface area (Å²) in [6.45, 7) is 5.79.